The number of rotatable bonds is 1. The average molecular weight is 188 g/mol. The quantitative estimate of drug-likeness (QED) is 0.536. The van der Waals surface area contributed by atoms with E-state index < -0.39 is 0 Å². The highest BCUT2D eigenvalue weighted by Gasteiger charge is 2.16. The summed E-state index contributed by atoms with van der Waals surface area (Å²) in [7, 11) is 0. The van der Waals surface area contributed by atoms with Gasteiger partial charge in [-0.25, -0.2) is 9.97 Å². The van der Waals surface area contributed by atoms with Crippen LogP contribution in [-0.4, -0.2) is 9.97 Å². The standard InChI is InChI=1S/C10H12N4/c1-7-2-3-9-8(4-7)5-12-10(14-9)13-6-11/h5,7H,2-4H2,1H3,(H,12,13,14)/t7-/m0/s1. The number of anilines is 1. The first-order chi connectivity index (χ1) is 6.79. The van der Waals surface area contributed by atoms with E-state index in [2.05, 4.69) is 22.2 Å². The smallest absolute Gasteiger partial charge is 0.236 e. The summed E-state index contributed by atoms with van der Waals surface area (Å²) in [5.74, 6) is 1.14. The highest BCUT2D eigenvalue weighted by Crippen LogP contribution is 2.23. The molecule has 0 bridgehead atoms. The molecule has 0 amide bonds. The number of fused-ring (bicyclic) bond motifs is 1. The van der Waals surface area contributed by atoms with E-state index in [9.17, 15) is 0 Å². The Morgan fingerprint density at radius 3 is 3.29 bits per heavy atom. The van der Waals surface area contributed by atoms with Crippen LogP contribution in [-0.2, 0) is 12.8 Å². The molecule has 4 nitrogen and oxygen atoms in total. The Morgan fingerprint density at radius 2 is 2.50 bits per heavy atom. The predicted molar refractivity (Wildman–Crippen MR) is 52.5 cm³/mol. The zero-order valence-corrected chi connectivity index (χ0v) is 8.12. The van der Waals surface area contributed by atoms with Crippen molar-refractivity contribution in [2.45, 2.75) is 26.2 Å². The van der Waals surface area contributed by atoms with Crippen molar-refractivity contribution in [1.82, 2.24) is 9.97 Å². The van der Waals surface area contributed by atoms with Gasteiger partial charge in [-0.3, -0.25) is 5.32 Å². The van der Waals surface area contributed by atoms with Gasteiger partial charge in [-0.15, -0.1) is 0 Å². The van der Waals surface area contributed by atoms with Gasteiger partial charge in [0.05, 0.1) is 0 Å². The molecule has 4 heteroatoms. The second-order valence-corrected chi connectivity index (χ2v) is 3.75. The number of aromatic nitrogens is 2. The van der Waals surface area contributed by atoms with Gasteiger partial charge in [0.2, 0.25) is 5.95 Å². The number of nitrogens with one attached hydrogen (secondary N) is 1. The largest absolute Gasteiger partial charge is 0.261 e. The Kier molecular flexibility index (Phi) is 2.32. The number of hydrogen-bond donors (Lipinski definition) is 1. The van der Waals surface area contributed by atoms with Crippen LogP contribution in [0, 0.1) is 17.4 Å². The van der Waals surface area contributed by atoms with Gasteiger partial charge in [0.25, 0.3) is 0 Å². The van der Waals surface area contributed by atoms with Gasteiger partial charge in [0.1, 0.15) is 0 Å². The van der Waals surface area contributed by atoms with Crippen LogP contribution < -0.4 is 5.32 Å². The molecule has 0 radical (unpaired) electrons. The fourth-order valence-electron chi connectivity index (χ4n) is 1.80. The molecular formula is C10H12N4. The van der Waals surface area contributed by atoms with Crippen LogP contribution in [0.4, 0.5) is 5.95 Å². The highest BCUT2D eigenvalue weighted by molar-refractivity contribution is 5.34. The minimum absolute atomic E-state index is 0.417. The predicted octanol–water partition coefficient (Wildman–Crippen LogP) is 1.49. The Labute approximate surface area is 83.0 Å². The van der Waals surface area contributed by atoms with Crippen molar-refractivity contribution < 1.29 is 0 Å². The number of aryl methyl sites for hydroxylation is 1. The molecule has 1 heterocycles. The van der Waals surface area contributed by atoms with Gasteiger partial charge in [-0.1, -0.05) is 6.92 Å². The normalized spacial score (nSPS) is 19.6. The van der Waals surface area contributed by atoms with Crippen LogP contribution in [0.1, 0.15) is 24.6 Å². The Balaban J connectivity index is 2.28. The molecule has 0 unspecified atom stereocenters. The molecule has 0 spiro atoms. The molecule has 72 valence electrons. The Hall–Kier alpha value is -1.63. The zero-order valence-electron chi connectivity index (χ0n) is 8.12. The third-order valence-electron chi connectivity index (χ3n) is 2.56. The summed E-state index contributed by atoms with van der Waals surface area (Å²) in [5.41, 5.74) is 2.32. The Bertz CT molecular complexity index is 380. The summed E-state index contributed by atoms with van der Waals surface area (Å²) in [4.78, 5) is 8.36. The summed E-state index contributed by atoms with van der Waals surface area (Å²) in [5, 5.41) is 10.9. The van der Waals surface area contributed by atoms with Crippen molar-refractivity contribution in [3.05, 3.63) is 17.5 Å². The summed E-state index contributed by atoms with van der Waals surface area (Å²) in [6.45, 7) is 2.24. The first-order valence-corrected chi connectivity index (χ1v) is 4.79. The monoisotopic (exact) mass is 188 g/mol. The maximum Gasteiger partial charge on any atom is 0.236 e. The summed E-state index contributed by atoms with van der Waals surface area (Å²) < 4.78 is 0. The van der Waals surface area contributed by atoms with E-state index in [0.29, 0.717) is 5.95 Å². The first kappa shape index (κ1) is 8.95. The molecular weight excluding hydrogens is 176 g/mol. The summed E-state index contributed by atoms with van der Waals surface area (Å²) in [6.07, 6.45) is 6.89. The van der Waals surface area contributed by atoms with Crippen LogP contribution in [0.3, 0.4) is 0 Å². The van der Waals surface area contributed by atoms with Crippen molar-refractivity contribution in [3.8, 4) is 6.19 Å². The molecule has 14 heavy (non-hydrogen) atoms. The Morgan fingerprint density at radius 1 is 1.64 bits per heavy atom. The van der Waals surface area contributed by atoms with E-state index in [4.69, 9.17) is 5.26 Å². The lowest BCUT2D eigenvalue weighted by Gasteiger charge is -2.19. The number of hydrogen-bond acceptors (Lipinski definition) is 4. The molecule has 0 saturated carbocycles. The van der Waals surface area contributed by atoms with E-state index in [0.717, 1.165) is 24.5 Å². The van der Waals surface area contributed by atoms with E-state index in [1.54, 1.807) is 0 Å². The van der Waals surface area contributed by atoms with E-state index in [1.165, 1.54) is 12.0 Å². The molecule has 0 aliphatic heterocycles. The maximum absolute atomic E-state index is 8.42. The second kappa shape index (κ2) is 3.62. The third kappa shape index (κ3) is 1.67. The topological polar surface area (TPSA) is 61.6 Å². The molecule has 1 atom stereocenters. The fourth-order valence-corrected chi connectivity index (χ4v) is 1.80. The molecule has 2 rings (SSSR count). The fraction of sp³-hybridized carbons (Fsp3) is 0.500. The van der Waals surface area contributed by atoms with Crippen molar-refractivity contribution in [1.29, 1.82) is 5.26 Å². The molecule has 0 aromatic carbocycles. The number of nitriles is 1. The van der Waals surface area contributed by atoms with Gasteiger partial charge in [-0.05, 0) is 30.7 Å². The lowest BCUT2D eigenvalue weighted by Crippen LogP contribution is -2.14. The van der Waals surface area contributed by atoms with Gasteiger partial charge in [0, 0.05) is 11.9 Å². The van der Waals surface area contributed by atoms with Crippen LogP contribution in [0.5, 0.6) is 0 Å². The van der Waals surface area contributed by atoms with E-state index in [-0.39, 0.29) is 0 Å². The first-order valence-electron chi connectivity index (χ1n) is 4.79. The highest BCUT2D eigenvalue weighted by atomic mass is 15.1. The zero-order chi connectivity index (χ0) is 9.97. The van der Waals surface area contributed by atoms with Gasteiger partial charge >= 0.3 is 0 Å². The minimum Gasteiger partial charge on any atom is -0.261 e. The molecule has 1 N–H and O–H groups in total. The van der Waals surface area contributed by atoms with Crippen molar-refractivity contribution in [2.75, 3.05) is 5.32 Å². The minimum atomic E-state index is 0.417. The van der Waals surface area contributed by atoms with Crippen LogP contribution in [0.2, 0.25) is 0 Å². The summed E-state index contributed by atoms with van der Waals surface area (Å²) >= 11 is 0. The van der Waals surface area contributed by atoms with Gasteiger partial charge in [-0.2, -0.15) is 5.26 Å². The maximum atomic E-state index is 8.42. The summed E-state index contributed by atoms with van der Waals surface area (Å²) in [6, 6.07) is 0. The number of nitrogens with zero attached hydrogens (tertiary/aromatic N) is 3. The SMILES string of the molecule is C[C@H]1CCc2nc(NC#N)ncc2C1. The van der Waals surface area contributed by atoms with Gasteiger partial charge in [0.15, 0.2) is 6.19 Å². The van der Waals surface area contributed by atoms with Crippen molar-refractivity contribution in [3.63, 3.8) is 0 Å². The second-order valence-electron chi connectivity index (χ2n) is 3.75. The van der Waals surface area contributed by atoms with E-state index >= 15 is 0 Å². The molecule has 0 saturated heterocycles. The van der Waals surface area contributed by atoms with Gasteiger partial charge < -0.3 is 0 Å². The molecule has 1 aliphatic carbocycles. The lowest BCUT2D eigenvalue weighted by atomic mass is 9.89. The van der Waals surface area contributed by atoms with Crippen LogP contribution in [0.25, 0.3) is 0 Å². The van der Waals surface area contributed by atoms with E-state index in [1.807, 2.05) is 12.4 Å². The van der Waals surface area contributed by atoms with Crippen molar-refractivity contribution in [2.24, 2.45) is 5.92 Å². The molecule has 1 aromatic rings. The lowest BCUT2D eigenvalue weighted by molar-refractivity contribution is 0.492. The third-order valence-corrected chi connectivity index (χ3v) is 2.56. The van der Waals surface area contributed by atoms with Crippen LogP contribution >= 0.6 is 0 Å². The average Bonchev–Trinajstić information content (AvgIpc) is 2.19. The molecule has 1 aliphatic rings. The van der Waals surface area contributed by atoms with Crippen LogP contribution in [0.15, 0.2) is 6.20 Å². The molecule has 0 fully saturated rings. The molecule has 1 aromatic heterocycles. The van der Waals surface area contributed by atoms with Crippen molar-refractivity contribution >= 4 is 5.95 Å².